The number of fused-ring (bicyclic) bond motifs is 1. The van der Waals surface area contributed by atoms with E-state index >= 15 is 0 Å². The number of hydrogen-bond donors (Lipinski definition) is 1. The molecule has 0 aromatic carbocycles. The average Bonchev–Trinajstić information content (AvgIpc) is 2.35. The van der Waals surface area contributed by atoms with Crippen LogP contribution in [-0.2, 0) is 9.47 Å². The van der Waals surface area contributed by atoms with E-state index in [4.69, 9.17) is 15.2 Å². The molecule has 3 nitrogen and oxygen atoms in total. The van der Waals surface area contributed by atoms with Gasteiger partial charge < -0.3 is 15.2 Å². The van der Waals surface area contributed by atoms with Crippen LogP contribution in [0.3, 0.4) is 0 Å². The van der Waals surface area contributed by atoms with E-state index in [9.17, 15) is 0 Å². The van der Waals surface area contributed by atoms with Crippen molar-refractivity contribution < 1.29 is 9.47 Å². The Balaban J connectivity index is 2.07. The first-order valence-corrected chi connectivity index (χ1v) is 3.37. The van der Waals surface area contributed by atoms with Gasteiger partial charge in [-0.15, -0.1) is 0 Å². The van der Waals surface area contributed by atoms with Crippen LogP contribution in [0.25, 0.3) is 0 Å². The van der Waals surface area contributed by atoms with Crippen molar-refractivity contribution in [3.63, 3.8) is 0 Å². The molecule has 2 heterocycles. The zero-order chi connectivity index (χ0) is 6.27. The normalized spacial score (nSPS) is 49.7. The van der Waals surface area contributed by atoms with E-state index in [1.54, 1.807) is 0 Å². The maximum atomic E-state index is 5.67. The molecular weight excluding hydrogens is 118 g/mol. The summed E-state index contributed by atoms with van der Waals surface area (Å²) in [6, 6.07) is 0.123. The van der Waals surface area contributed by atoms with Crippen molar-refractivity contribution in [1.29, 1.82) is 0 Å². The third-order valence-electron chi connectivity index (χ3n) is 2.00. The van der Waals surface area contributed by atoms with E-state index < -0.39 is 0 Å². The standard InChI is InChI=1S/C6H11NO2/c7-4-3-9-5-1-2-8-6(4)5/h4-6H,1-3,7H2/t4-,5?,6?/m1/s1. The molecule has 0 spiro atoms. The van der Waals surface area contributed by atoms with Crippen LogP contribution in [0, 0.1) is 0 Å². The van der Waals surface area contributed by atoms with Crippen molar-refractivity contribution in [2.24, 2.45) is 5.73 Å². The van der Waals surface area contributed by atoms with Gasteiger partial charge in [0, 0.05) is 6.61 Å². The molecule has 2 fully saturated rings. The maximum absolute atomic E-state index is 5.67. The number of ether oxygens (including phenoxy) is 2. The monoisotopic (exact) mass is 129 g/mol. The lowest BCUT2D eigenvalue weighted by Gasteiger charge is -2.09. The molecule has 0 amide bonds. The fourth-order valence-corrected chi connectivity index (χ4v) is 1.50. The lowest BCUT2D eigenvalue weighted by atomic mass is 10.1. The largest absolute Gasteiger partial charge is 0.374 e. The van der Waals surface area contributed by atoms with Crippen LogP contribution in [0.4, 0.5) is 0 Å². The van der Waals surface area contributed by atoms with Gasteiger partial charge in [0.05, 0.1) is 18.8 Å². The highest BCUT2D eigenvalue weighted by Gasteiger charge is 2.39. The van der Waals surface area contributed by atoms with E-state index in [2.05, 4.69) is 0 Å². The molecule has 2 aliphatic rings. The molecule has 2 rings (SSSR count). The Labute approximate surface area is 54.1 Å². The summed E-state index contributed by atoms with van der Waals surface area (Å²) in [4.78, 5) is 0. The topological polar surface area (TPSA) is 44.5 Å². The summed E-state index contributed by atoms with van der Waals surface area (Å²) in [6.07, 6.45) is 1.53. The van der Waals surface area contributed by atoms with Gasteiger partial charge in [0.15, 0.2) is 0 Å². The van der Waals surface area contributed by atoms with Crippen molar-refractivity contribution in [1.82, 2.24) is 0 Å². The van der Waals surface area contributed by atoms with Gasteiger partial charge in [-0.05, 0) is 6.42 Å². The lowest BCUT2D eigenvalue weighted by Crippen LogP contribution is -2.34. The summed E-state index contributed by atoms with van der Waals surface area (Å²) in [5.74, 6) is 0. The zero-order valence-corrected chi connectivity index (χ0v) is 5.25. The molecular formula is C6H11NO2. The van der Waals surface area contributed by atoms with Crippen LogP contribution in [0.5, 0.6) is 0 Å². The Bertz CT molecular complexity index is 118. The summed E-state index contributed by atoms with van der Waals surface area (Å²) in [6.45, 7) is 1.50. The summed E-state index contributed by atoms with van der Waals surface area (Å²) in [5.41, 5.74) is 5.67. The van der Waals surface area contributed by atoms with Gasteiger partial charge in [-0.25, -0.2) is 0 Å². The highest BCUT2D eigenvalue weighted by Crippen LogP contribution is 2.24. The first kappa shape index (κ1) is 5.65. The summed E-state index contributed by atoms with van der Waals surface area (Å²) in [5, 5.41) is 0. The van der Waals surface area contributed by atoms with Gasteiger partial charge in [-0.3, -0.25) is 0 Å². The minimum atomic E-state index is 0.123. The quantitative estimate of drug-likeness (QED) is 0.479. The molecule has 0 radical (unpaired) electrons. The van der Waals surface area contributed by atoms with E-state index in [0.717, 1.165) is 13.0 Å². The Morgan fingerprint density at radius 1 is 1.33 bits per heavy atom. The van der Waals surface area contributed by atoms with E-state index in [-0.39, 0.29) is 12.1 Å². The second-order valence-corrected chi connectivity index (χ2v) is 2.66. The average molecular weight is 129 g/mol. The first-order chi connectivity index (χ1) is 4.38. The molecule has 0 aliphatic carbocycles. The molecule has 0 bridgehead atoms. The first-order valence-electron chi connectivity index (χ1n) is 3.37. The molecule has 0 saturated carbocycles. The van der Waals surface area contributed by atoms with Crippen molar-refractivity contribution in [3.05, 3.63) is 0 Å². The van der Waals surface area contributed by atoms with E-state index in [0.29, 0.717) is 12.7 Å². The molecule has 0 aromatic heterocycles. The van der Waals surface area contributed by atoms with Crippen LogP contribution in [0.15, 0.2) is 0 Å². The Morgan fingerprint density at radius 2 is 2.22 bits per heavy atom. The van der Waals surface area contributed by atoms with Crippen LogP contribution in [0.2, 0.25) is 0 Å². The minimum absolute atomic E-state index is 0.123. The van der Waals surface area contributed by atoms with Gasteiger partial charge in [-0.2, -0.15) is 0 Å². The SMILES string of the molecule is N[C@@H]1COC2CCOC21. The second kappa shape index (κ2) is 1.94. The van der Waals surface area contributed by atoms with E-state index in [1.807, 2.05) is 0 Å². The number of rotatable bonds is 0. The van der Waals surface area contributed by atoms with Crippen LogP contribution in [-0.4, -0.2) is 31.5 Å². The van der Waals surface area contributed by atoms with Crippen molar-refractivity contribution in [3.8, 4) is 0 Å². The third-order valence-corrected chi connectivity index (χ3v) is 2.00. The predicted octanol–water partition coefficient (Wildman–Crippen LogP) is -0.499. The van der Waals surface area contributed by atoms with E-state index in [1.165, 1.54) is 0 Å². The number of hydrogen-bond acceptors (Lipinski definition) is 3. The molecule has 2 aliphatic heterocycles. The summed E-state index contributed by atoms with van der Waals surface area (Å²) < 4.78 is 10.7. The predicted molar refractivity (Wildman–Crippen MR) is 32.1 cm³/mol. The molecule has 3 atom stereocenters. The second-order valence-electron chi connectivity index (χ2n) is 2.66. The third kappa shape index (κ3) is 0.764. The number of nitrogens with two attached hydrogens (primary N) is 1. The molecule has 9 heavy (non-hydrogen) atoms. The van der Waals surface area contributed by atoms with Crippen molar-refractivity contribution in [2.75, 3.05) is 13.2 Å². The summed E-state index contributed by atoms with van der Waals surface area (Å²) in [7, 11) is 0. The Kier molecular flexibility index (Phi) is 1.22. The fraction of sp³-hybridized carbons (Fsp3) is 1.00. The fourth-order valence-electron chi connectivity index (χ4n) is 1.50. The molecule has 2 N–H and O–H groups in total. The van der Waals surface area contributed by atoms with Gasteiger partial charge >= 0.3 is 0 Å². The van der Waals surface area contributed by atoms with Gasteiger partial charge in [0.2, 0.25) is 0 Å². The molecule has 0 aromatic rings. The molecule has 3 heteroatoms. The highest BCUT2D eigenvalue weighted by molar-refractivity contribution is 4.90. The van der Waals surface area contributed by atoms with Crippen molar-refractivity contribution >= 4 is 0 Å². The Hall–Kier alpha value is -0.120. The van der Waals surface area contributed by atoms with Gasteiger partial charge in [-0.1, -0.05) is 0 Å². The Morgan fingerprint density at radius 3 is 3.00 bits per heavy atom. The van der Waals surface area contributed by atoms with Crippen molar-refractivity contribution in [2.45, 2.75) is 24.7 Å². The van der Waals surface area contributed by atoms with Crippen LogP contribution < -0.4 is 5.73 Å². The molecule has 2 saturated heterocycles. The highest BCUT2D eigenvalue weighted by atomic mass is 16.6. The van der Waals surface area contributed by atoms with Gasteiger partial charge in [0.25, 0.3) is 0 Å². The molecule has 52 valence electrons. The minimum Gasteiger partial charge on any atom is -0.374 e. The van der Waals surface area contributed by atoms with Crippen LogP contribution in [0.1, 0.15) is 6.42 Å². The zero-order valence-electron chi connectivity index (χ0n) is 5.25. The summed E-state index contributed by atoms with van der Waals surface area (Å²) >= 11 is 0. The molecule has 2 unspecified atom stereocenters. The van der Waals surface area contributed by atoms with Gasteiger partial charge in [0.1, 0.15) is 6.10 Å². The lowest BCUT2D eigenvalue weighted by molar-refractivity contribution is 0.0709. The maximum Gasteiger partial charge on any atom is 0.101 e. The smallest absolute Gasteiger partial charge is 0.101 e. The van der Waals surface area contributed by atoms with Crippen LogP contribution >= 0.6 is 0 Å².